The second-order valence-electron chi connectivity index (χ2n) is 4.60. The van der Waals surface area contributed by atoms with Gasteiger partial charge in [0.2, 0.25) is 0 Å². The van der Waals surface area contributed by atoms with E-state index >= 15 is 0 Å². The average molecular weight is 254 g/mol. The van der Waals surface area contributed by atoms with Crippen molar-refractivity contribution < 1.29 is 4.74 Å². The Labute approximate surface area is 110 Å². The Kier molecular flexibility index (Phi) is 5.47. The van der Waals surface area contributed by atoms with Crippen molar-refractivity contribution in [3.05, 3.63) is 5.69 Å². The predicted molar refractivity (Wildman–Crippen MR) is 76.0 cm³/mol. The molecule has 0 aliphatic rings. The number of nitrogens with two attached hydrogens (primary N) is 1. The van der Waals surface area contributed by atoms with Gasteiger partial charge in [-0.05, 0) is 19.8 Å². The number of ether oxygens (including phenoxy) is 1. The summed E-state index contributed by atoms with van der Waals surface area (Å²) < 4.78 is 7.07. The monoisotopic (exact) mass is 254 g/mol. The Hall–Kier alpha value is -1.23. The first-order valence-corrected chi connectivity index (χ1v) is 6.63. The molecule has 0 fully saturated rings. The summed E-state index contributed by atoms with van der Waals surface area (Å²) in [6.07, 6.45) is 1.92. The molecule has 0 amide bonds. The molecule has 0 bridgehead atoms. The van der Waals surface area contributed by atoms with Crippen molar-refractivity contribution in [2.45, 2.75) is 39.7 Å². The van der Waals surface area contributed by atoms with Gasteiger partial charge in [0.1, 0.15) is 0 Å². The van der Waals surface area contributed by atoms with Gasteiger partial charge < -0.3 is 15.4 Å². The fraction of sp³-hybridized carbons (Fsp3) is 0.769. The Morgan fingerprint density at radius 3 is 2.56 bits per heavy atom. The molecular weight excluding hydrogens is 228 g/mol. The van der Waals surface area contributed by atoms with Gasteiger partial charge in [-0.1, -0.05) is 13.8 Å². The van der Waals surface area contributed by atoms with E-state index in [1.807, 2.05) is 11.7 Å². The second kappa shape index (κ2) is 6.64. The highest BCUT2D eigenvalue weighted by molar-refractivity contribution is 5.66. The number of rotatable bonds is 7. The van der Waals surface area contributed by atoms with E-state index in [4.69, 9.17) is 10.5 Å². The highest BCUT2D eigenvalue weighted by Gasteiger charge is 2.21. The minimum absolute atomic E-state index is 0.419. The standard InChI is InChI=1S/C13H26N4O/c1-6-10(3)17(8-9-18-5)13-12(14)11(7-2)15-16(13)4/h10H,6-9,14H2,1-5H3. The van der Waals surface area contributed by atoms with Crippen LogP contribution in [0.1, 0.15) is 32.9 Å². The SMILES string of the molecule is CCc1nn(C)c(N(CCOC)C(C)CC)c1N. The van der Waals surface area contributed by atoms with E-state index in [1.54, 1.807) is 7.11 Å². The Balaban J connectivity index is 3.07. The summed E-state index contributed by atoms with van der Waals surface area (Å²) in [6, 6.07) is 0.419. The minimum Gasteiger partial charge on any atom is -0.394 e. The van der Waals surface area contributed by atoms with Crippen LogP contribution in [0.5, 0.6) is 0 Å². The number of hydrogen-bond donors (Lipinski definition) is 1. The maximum absolute atomic E-state index is 6.21. The summed E-state index contributed by atoms with van der Waals surface area (Å²) in [5.41, 5.74) is 7.99. The quantitative estimate of drug-likeness (QED) is 0.806. The van der Waals surface area contributed by atoms with Gasteiger partial charge in [-0.25, -0.2) is 0 Å². The number of hydrogen-bond acceptors (Lipinski definition) is 4. The van der Waals surface area contributed by atoms with Crippen molar-refractivity contribution in [1.29, 1.82) is 0 Å². The number of nitrogen functional groups attached to an aromatic ring is 1. The van der Waals surface area contributed by atoms with Gasteiger partial charge in [0, 0.05) is 26.7 Å². The molecule has 0 aliphatic heterocycles. The zero-order chi connectivity index (χ0) is 13.7. The minimum atomic E-state index is 0.419. The van der Waals surface area contributed by atoms with Crippen LogP contribution in [0.2, 0.25) is 0 Å². The zero-order valence-electron chi connectivity index (χ0n) is 12.2. The van der Waals surface area contributed by atoms with Crippen molar-refractivity contribution in [1.82, 2.24) is 9.78 Å². The van der Waals surface area contributed by atoms with Crippen LogP contribution in [0.3, 0.4) is 0 Å². The third-order valence-corrected chi connectivity index (χ3v) is 3.40. The van der Waals surface area contributed by atoms with E-state index in [0.29, 0.717) is 12.6 Å². The third-order valence-electron chi connectivity index (χ3n) is 3.40. The fourth-order valence-electron chi connectivity index (χ4n) is 2.13. The largest absolute Gasteiger partial charge is 0.394 e. The lowest BCUT2D eigenvalue weighted by Crippen LogP contribution is -2.37. The average Bonchev–Trinajstić information content (AvgIpc) is 2.65. The summed E-state index contributed by atoms with van der Waals surface area (Å²) in [5.74, 6) is 1.01. The van der Waals surface area contributed by atoms with Crippen LogP contribution in [-0.2, 0) is 18.2 Å². The van der Waals surface area contributed by atoms with E-state index in [1.165, 1.54) is 0 Å². The normalized spacial score (nSPS) is 12.7. The van der Waals surface area contributed by atoms with Crippen molar-refractivity contribution in [2.75, 3.05) is 30.9 Å². The van der Waals surface area contributed by atoms with Crippen LogP contribution >= 0.6 is 0 Å². The van der Waals surface area contributed by atoms with Gasteiger partial charge in [0.25, 0.3) is 0 Å². The number of aryl methyl sites for hydroxylation is 2. The zero-order valence-corrected chi connectivity index (χ0v) is 12.2. The molecule has 5 nitrogen and oxygen atoms in total. The van der Waals surface area contributed by atoms with Crippen molar-refractivity contribution in [2.24, 2.45) is 7.05 Å². The molecule has 1 rings (SSSR count). The predicted octanol–water partition coefficient (Wildman–Crippen LogP) is 1.82. The molecule has 1 heterocycles. The van der Waals surface area contributed by atoms with E-state index in [0.717, 1.165) is 36.6 Å². The lowest BCUT2D eigenvalue weighted by atomic mass is 10.2. The molecular formula is C13H26N4O. The lowest BCUT2D eigenvalue weighted by Gasteiger charge is -2.30. The molecule has 104 valence electrons. The molecule has 0 aromatic carbocycles. The Morgan fingerprint density at radius 2 is 2.11 bits per heavy atom. The highest BCUT2D eigenvalue weighted by Crippen LogP contribution is 2.28. The molecule has 0 radical (unpaired) electrons. The van der Waals surface area contributed by atoms with Gasteiger partial charge in [-0.3, -0.25) is 4.68 Å². The van der Waals surface area contributed by atoms with Crippen LogP contribution in [0.25, 0.3) is 0 Å². The van der Waals surface area contributed by atoms with Crippen molar-refractivity contribution in [3.63, 3.8) is 0 Å². The number of aromatic nitrogens is 2. The molecule has 18 heavy (non-hydrogen) atoms. The first-order valence-electron chi connectivity index (χ1n) is 6.63. The van der Waals surface area contributed by atoms with Crippen LogP contribution in [0, 0.1) is 0 Å². The molecule has 1 unspecified atom stereocenters. The molecule has 5 heteroatoms. The highest BCUT2D eigenvalue weighted by atomic mass is 16.5. The molecule has 0 aliphatic carbocycles. The third kappa shape index (κ3) is 2.96. The fourth-order valence-corrected chi connectivity index (χ4v) is 2.13. The van der Waals surface area contributed by atoms with Crippen LogP contribution in [0.15, 0.2) is 0 Å². The van der Waals surface area contributed by atoms with E-state index in [9.17, 15) is 0 Å². The van der Waals surface area contributed by atoms with Gasteiger partial charge >= 0.3 is 0 Å². The molecule has 0 spiro atoms. The summed E-state index contributed by atoms with van der Waals surface area (Å²) in [4.78, 5) is 2.28. The molecule has 0 saturated heterocycles. The number of anilines is 2. The first-order chi connectivity index (χ1) is 8.56. The smallest absolute Gasteiger partial charge is 0.150 e. The summed E-state index contributed by atoms with van der Waals surface area (Å²) in [5, 5.41) is 4.48. The van der Waals surface area contributed by atoms with Gasteiger partial charge in [0.05, 0.1) is 18.0 Å². The summed E-state index contributed by atoms with van der Waals surface area (Å²) >= 11 is 0. The van der Waals surface area contributed by atoms with Crippen LogP contribution in [0.4, 0.5) is 11.5 Å². The Morgan fingerprint density at radius 1 is 1.44 bits per heavy atom. The summed E-state index contributed by atoms with van der Waals surface area (Å²) in [7, 11) is 3.67. The molecule has 0 saturated carbocycles. The van der Waals surface area contributed by atoms with E-state index in [2.05, 4.69) is 30.8 Å². The maximum Gasteiger partial charge on any atom is 0.150 e. The van der Waals surface area contributed by atoms with Crippen molar-refractivity contribution >= 4 is 11.5 Å². The van der Waals surface area contributed by atoms with Crippen molar-refractivity contribution in [3.8, 4) is 0 Å². The van der Waals surface area contributed by atoms with Gasteiger partial charge in [0.15, 0.2) is 5.82 Å². The second-order valence-corrected chi connectivity index (χ2v) is 4.60. The van der Waals surface area contributed by atoms with Crippen LogP contribution in [-0.4, -0.2) is 36.1 Å². The topological polar surface area (TPSA) is 56.3 Å². The summed E-state index contributed by atoms with van der Waals surface area (Å²) in [6.45, 7) is 7.98. The molecule has 1 aromatic rings. The van der Waals surface area contributed by atoms with Crippen LogP contribution < -0.4 is 10.6 Å². The first kappa shape index (κ1) is 14.8. The number of nitrogens with zero attached hydrogens (tertiary/aromatic N) is 3. The molecule has 1 atom stereocenters. The molecule has 1 aromatic heterocycles. The van der Waals surface area contributed by atoms with Gasteiger partial charge in [-0.2, -0.15) is 5.10 Å². The number of methoxy groups -OCH3 is 1. The van der Waals surface area contributed by atoms with E-state index < -0.39 is 0 Å². The molecule has 2 N–H and O–H groups in total. The Bertz CT molecular complexity index is 375. The lowest BCUT2D eigenvalue weighted by molar-refractivity contribution is 0.203. The van der Waals surface area contributed by atoms with E-state index in [-0.39, 0.29) is 0 Å². The maximum atomic E-state index is 6.21. The van der Waals surface area contributed by atoms with Gasteiger partial charge in [-0.15, -0.1) is 0 Å².